The molecule has 9 heteroatoms. The summed E-state index contributed by atoms with van der Waals surface area (Å²) in [5, 5.41) is 19.2. The molecule has 2 saturated heterocycles. The van der Waals surface area contributed by atoms with Gasteiger partial charge in [-0.1, -0.05) is 19.1 Å². The predicted molar refractivity (Wildman–Crippen MR) is 141 cm³/mol. The molecule has 4 rings (SSSR count). The molecule has 0 spiro atoms. The molecule has 0 radical (unpaired) electrons. The molecule has 1 aromatic heterocycles. The van der Waals surface area contributed by atoms with Crippen LogP contribution in [0.5, 0.6) is 0 Å². The number of likely N-dealkylation sites (tertiary alicyclic amines) is 2. The van der Waals surface area contributed by atoms with Crippen LogP contribution < -0.4 is 0 Å². The molecule has 2 fully saturated rings. The second kappa shape index (κ2) is 12.2. The van der Waals surface area contributed by atoms with Gasteiger partial charge in [-0.2, -0.15) is 5.26 Å². The largest absolute Gasteiger partial charge is 0.478 e. The standard InChI is InChI=1S/C29H35N5O4/c1-2-26(35)34(20-22-3-5-24(6-4-22)27(36)37)25-9-15-33(16-10-25)28(38)29(21-30)11-17-32(18-12-29)19-23-7-13-31-14-8-23/h3-8,13-14,25H,2,9-12,15-20H2,1H3,(H,36,37). The van der Waals surface area contributed by atoms with Gasteiger partial charge in [-0.3, -0.25) is 19.5 Å². The van der Waals surface area contributed by atoms with Gasteiger partial charge in [0.25, 0.3) is 0 Å². The van der Waals surface area contributed by atoms with Gasteiger partial charge >= 0.3 is 5.97 Å². The lowest BCUT2D eigenvalue weighted by Gasteiger charge is -2.43. The van der Waals surface area contributed by atoms with E-state index in [1.54, 1.807) is 36.7 Å². The average Bonchev–Trinajstić information content (AvgIpc) is 2.96. The number of benzene rings is 1. The molecular weight excluding hydrogens is 482 g/mol. The lowest BCUT2D eigenvalue weighted by atomic mass is 9.78. The lowest BCUT2D eigenvalue weighted by Crippen LogP contribution is -2.54. The SMILES string of the molecule is CCC(=O)N(Cc1ccc(C(=O)O)cc1)C1CCN(C(=O)C2(C#N)CCN(Cc3ccncc3)CC2)CC1. The second-order valence-electron chi connectivity index (χ2n) is 10.2. The molecule has 0 atom stereocenters. The minimum atomic E-state index is -0.994. The van der Waals surface area contributed by atoms with E-state index in [1.165, 1.54) is 5.56 Å². The highest BCUT2D eigenvalue weighted by Crippen LogP contribution is 2.35. The molecule has 0 saturated carbocycles. The molecule has 0 bridgehead atoms. The number of nitrogens with zero attached hydrogens (tertiary/aromatic N) is 5. The fraction of sp³-hybridized carbons (Fsp3) is 0.483. The summed E-state index contributed by atoms with van der Waals surface area (Å²) in [7, 11) is 0. The van der Waals surface area contributed by atoms with Crippen LogP contribution in [0, 0.1) is 16.7 Å². The summed E-state index contributed by atoms with van der Waals surface area (Å²) in [5.41, 5.74) is 1.26. The maximum Gasteiger partial charge on any atom is 0.335 e. The zero-order valence-corrected chi connectivity index (χ0v) is 21.9. The van der Waals surface area contributed by atoms with Gasteiger partial charge in [0.2, 0.25) is 11.8 Å². The van der Waals surface area contributed by atoms with Gasteiger partial charge in [-0.05, 0) is 61.1 Å². The van der Waals surface area contributed by atoms with Crippen molar-refractivity contribution in [2.24, 2.45) is 5.41 Å². The van der Waals surface area contributed by atoms with E-state index in [0.29, 0.717) is 64.8 Å². The smallest absolute Gasteiger partial charge is 0.335 e. The van der Waals surface area contributed by atoms with Gasteiger partial charge in [0.1, 0.15) is 5.41 Å². The number of carbonyl (C=O) groups excluding carboxylic acids is 2. The molecule has 38 heavy (non-hydrogen) atoms. The predicted octanol–water partition coefficient (Wildman–Crippen LogP) is 3.32. The molecule has 0 aliphatic carbocycles. The molecule has 3 heterocycles. The summed E-state index contributed by atoms with van der Waals surface area (Å²) in [6.07, 6.45) is 6.26. The molecule has 1 N–H and O–H groups in total. The molecule has 2 amide bonds. The zero-order chi connectivity index (χ0) is 27.1. The van der Waals surface area contributed by atoms with Crippen LogP contribution in [0.25, 0.3) is 0 Å². The van der Waals surface area contributed by atoms with Crippen molar-refractivity contribution in [1.29, 1.82) is 5.26 Å². The van der Waals surface area contributed by atoms with Crippen molar-refractivity contribution in [1.82, 2.24) is 19.7 Å². The van der Waals surface area contributed by atoms with E-state index in [2.05, 4.69) is 16.0 Å². The number of piperidine rings is 2. The number of carboxylic acids is 1. The number of hydrogen-bond acceptors (Lipinski definition) is 6. The van der Waals surface area contributed by atoms with Crippen molar-refractivity contribution in [3.05, 3.63) is 65.5 Å². The lowest BCUT2D eigenvalue weighted by molar-refractivity contribution is -0.144. The summed E-state index contributed by atoms with van der Waals surface area (Å²) in [4.78, 5) is 47.5. The Morgan fingerprint density at radius 3 is 2.21 bits per heavy atom. The van der Waals surface area contributed by atoms with Crippen LogP contribution in [-0.4, -0.2) is 74.8 Å². The number of aromatic carboxylic acids is 1. The van der Waals surface area contributed by atoms with E-state index >= 15 is 0 Å². The fourth-order valence-corrected chi connectivity index (χ4v) is 5.47. The molecule has 9 nitrogen and oxygen atoms in total. The van der Waals surface area contributed by atoms with Gasteiger partial charge in [0, 0.05) is 64.1 Å². The summed E-state index contributed by atoms with van der Waals surface area (Å²) < 4.78 is 0. The number of amides is 2. The molecule has 2 aliphatic heterocycles. The highest BCUT2D eigenvalue weighted by molar-refractivity contribution is 5.87. The Morgan fingerprint density at radius 1 is 1.03 bits per heavy atom. The monoisotopic (exact) mass is 517 g/mol. The van der Waals surface area contributed by atoms with Crippen LogP contribution in [0.15, 0.2) is 48.8 Å². The summed E-state index contributed by atoms with van der Waals surface area (Å²) >= 11 is 0. The Hall–Kier alpha value is -3.77. The number of nitriles is 1. The highest BCUT2D eigenvalue weighted by Gasteiger charge is 2.45. The third kappa shape index (κ3) is 6.20. The quantitative estimate of drug-likeness (QED) is 0.571. The number of carboxylic acid groups (broad SMARTS) is 1. The zero-order valence-electron chi connectivity index (χ0n) is 21.9. The average molecular weight is 518 g/mol. The Kier molecular flexibility index (Phi) is 8.74. The Labute approximate surface area is 223 Å². The molecule has 1 aromatic carbocycles. The summed E-state index contributed by atoms with van der Waals surface area (Å²) in [6, 6.07) is 12.9. The third-order valence-electron chi connectivity index (χ3n) is 7.86. The van der Waals surface area contributed by atoms with Crippen LogP contribution >= 0.6 is 0 Å². The molecule has 2 aliphatic rings. The molecule has 2 aromatic rings. The number of rotatable bonds is 8. The number of hydrogen-bond donors (Lipinski definition) is 1. The van der Waals surface area contributed by atoms with E-state index in [0.717, 1.165) is 12.1 Å². The number of carbonyl (C=O) groups is 3. The maximum atomic E-state index is 13.6. The minimum Gasteiger partial charge on any atom is -0.478 e. The number of aromatic nitrogens is 1. The first-order valence-corrected chi connectivity index (χ1v) is 13.3. The topological polar surface area (TPSA) is 118 Å². The maximum absolute atomic E-state index is 13.6. The van der Waals surface area contributed by atoms with E-state index in [1.807, 2.05) is 28.9 Å². The van der Waals surface area contributed by atoms with Crippen molar-refractivity contribution >= 4 is 17.8 Å². The molecule has 0 unspecified atom stereocenters. The highest BCUT2D eigenvalue weighted by atomic mass is 16.4. The molecular formula is C29H35N5O4. The van der Waals surface area contributed by atoms with Gasteiger partial charge in [-0.25, -0.2) is 4.79 Å². The van der Waals surface area contributed by atoms with Crippen molar-refractivity contribution in [2.45, 2.75) is 58.2 Å². The van der Waals surface area contributed by atoms with Crippen LogP contribution in [0.2, 0.25) is 0 Å². The Morgan fingerprint density at radius 2 is 1.66 bits per heavy atom. The van der Waals surface area contributed by atoms with Crippen molar-refractivity contribution in [2.75, 3.05) is 26.2 Å². The van der Waals surface area contributed by atoms with Crippen LogP contribution in [0.1, 0.15) is 60.5 Å². The summed E-state index contributed by atoms with van der Waals surface area (Å²) in [5.74, 6) is -1.03. The second-order valence-corrected chi connectivity index (χ2v) is 10.2. The summed E-state index contributed by atoms with van der Waals surface area (Å²) in [6.45, 7) is 5.43. The van der Waals surface area contributed by atoms with Crippen LogP contribution in [0.4, 0.5) is 0 Å². The van der Waals surface area contributed by atoms with Gasteiger partial charge in [0.05, 0.1) is 11.6 Å². The Balaban J connectivity index is 1.34. The van der Waals surface area contributed by atoms with Crippen molar-refractivity contribution in [3.63, 3.8) is 0 Å². The van der Waals surface area contributed by atoms with Crippen molar-refractivity contribution in [3.8, 4) is 6.07 Å². The van der Waals surface area contributed by atoms with Crippen molar-refractivity contribution < 1.29 is 19.5 Å². The van der Waals surface area contributed by atoms with Gasteiger partial charge in [-0.15, -0.1) is 0 Å². The first-order chi connectivity index (χ1) is 18.3. The van der Waals surface area contributed by atoms with E-state index < -0.39 is 11.4 Å². The first kappa shape index (κ1) is 27.3. The third-order valence-corrected chi connectivity index (χ3v) is 7.86. The minimum absolute atomic E-state index is 0.00843. The van der Waals surface area contributed by atoms with Gasteiger partial charge < -0.3 is 14.9 Å². The molecule has 200 valence electrons. The van der Waals surface area contributed by atoms with Crippen LogP contribution in [0.3, 0.4) is 0 Å². The van der Waals surface area contributed by atoms with Gasteiger partial charge in [0.15, 0.2) is 0 Å². The first-order valence-electron chi connectivity index (χ1n) is 13.3. The van der Waals surface area contributed by atoms with Crippen LogP contribution in [-0.2, 0) is 22.7 Å². The van der Waals surface area contributed by atoms with E-state index in [-0.39, 0.29) is 23.4 Å². The Bertz CT molecular complexity index is 1160. The fourth-order valence-electron chi connectivity index (χ4n) is 5.47. The number of pyridine rings is 1. The normalized spacial score (nSPS) is 17.9. The van der Waals surface area contributed by atoms with E-state index in [9.17, 15) is 19.6 Å². The van der Waals surface area contributed by atoms with E-state index in [4.69, 9.17) is 5.11 Å².